The van der Waals surface area contributed by atoms with Crippen molar-refractivity contribution in [2.75, 3.05) is 7.11 Å². The molecule has 0 aliphatic rings. The summed E-state index contributed by atoms with van der Waals surface area (Å²) in [5.74, 6) is -0.487. The maximum atomic E-state index is 11.2. The van der Waals surface area contributed by atoms with Crippen LogP contribution in [0.1, 0.15) is 18.9 Å². The van der Waals surface area contributed by atoms with E-state index in [-0.39, 0.29) is 11.9 Å². The van der Waals surface area contributed by atoms with Gasteiger partial charge in [-0.15, -0.1) is 0 Å². The van der Waals surface area contributed by atoms with E-state index in [9.17, 15) is 4.79 Å². The molecule has 0 spiro atoms. The van der Waals surface area contributed by atoms with Crippen LogP contribution in [0.15, 0.2) is 30.3 Å². The van der Waals surface area contributed by atoms with Crippen LogP contribution in [0.2, 0.25) is 0 Å². The molecule has 0 aliphatic heterocycles. The first-order valence-corrected chi connectivity index (χ1v) is 5.31. The van der Waals surface area contributed by atoms with Gasteiger partial charge in [-0.3, -0.25) is 4.79 Å². The molecule has 1 rings (SSSR count). The number of benzene rings is 1. The van der Waals surface area contributed by atoms with Crippen molar-refractivity contribution in [1.82, 2.24) is 0 Å². The van der Waals surface area contributed by atoms with Crippen LogP contribution in [0.4, 0.5) is 0 Å². The van der Waals surface area contributed by atoms with Crippen molar-refractivity contribution < 1.29 is 9.53 Å². The third kappa shape index (κ3) is 3.85. The largest absolute Gasteiger partial charge is 0.469 e. The highest BCUT2D eigenvalue weighted by Crippen LogP contribution is 2.09. The molecule has 1 unspecified atom stereocenters. The minimum Gasteiger partial charge on any atom is -0.469 e. The Bertz CT molecular complexity index is 359. The number of hydrogen-bond donors (Lipinski definition) is 1. The van der Waals surface area contributed by atoms with E-state index < -0.39 is 0 Å². The zero-order valence-corrected chi connectivity index (χ0v) is 9.69. The van der Waals surface area contributed by atoms with Gasteiger partial charge < -0.3 is 10.1 Å². The molecule has 0 bridgehead atoms. The van der Waals surface area contributed by atoms with E-state index in [1.165, 1.54) is 7.11 Å². The number of rotatable bonds is 5. The third-order valence-corrected chi connectivity index (χ3v) is 2.42. The summed E-state index contributed by atoms with van der Waals surface area (Å²) in [5, 5.41) is 7.82. The number of esters is 1. The van der Waals surface area contributed by atoms with Crippen LogP contribution in [0.5, 0.6) is 0 Å². The zero-order valence-electron chi connectivity index (χ0n) is 9.69. The summed E-state index contributed by atoms with van der Waals surface area (Å²) in [5.41, 5.74) is 1.66. The monoisotopic (exact) mass is 219 g/mol. The normalized spacial score (nSPS) is 11.9. The Hall–Kier alpha value is -1.64. The summed E-state index contributed by atoms with van der Waals surface area (Å²) >= 11 is 0. The third-order valence-electron chi connectivity index (χ3n) is 2.42. The van der Waals surface area contributed by atoms with E-state index >= 15 is 0 Å². The van der Waals surface area contributed by atoms with Gasteiger partial charge in [0, 0.05) is 12.1 Å². The van der Waals surface area contributed by atoms with Crippen molar-refractivity contribution in [1.29, 1.82) is 5.41 Å². The molecule has 1 aromatic carbocycles. The molecule has 0 amide bonds. The lowest BCUT2D eigenvalue weighted by molar-refractivity contribution is -0.144. The Morgan fingerprint density at radius 1 is 1.38 bits per heavy atom. The second kappa shape index (κ2) is 6.05. The molecule has 1 aromatic rings. The van der Waals surface area contributed by atoms with Crippen LogP contribution in [0, 0.1) is 11.3 Å². The highest BCUT2D eigenvalue weighted by molar-refractivity contribution is 5.87. The zero-order chi connectivity index (χ0) is 12.0. The predicted molar refractivity (Wildman–Crippen MR) is 63.7 cm³/mol. The molecule has 16 heavy (non-hydrogen) atoms. The number of carbonyl (C=O) groups is 1. The van der Waals surface area contributed by atoms with Crippen LogP contribution in [0.25, 0.3) is 0 Å². The summed E-state index contributed by atoms with van der Waals surface area (Å²) < 4.78 is 4.63. The lowest BCUT2D eigenvalue weighted by atomic mass is 9.99. The molecule has 0 radical (unpaired) electrons. The van der Waals surface area contributed by atoms with Crippen LogP contribution in [-0.4, -0.2) is 18.8 Å². The molecular formula is C13H17NO2. The summed E-state index contributed by atoms with van der Waals surface area (Å²) in [6.45, 7) is 1.78. The van der Waals surface area contributed by atoms with Gasteiger partial charge in [0.1, 0.15) is 0 Å². The molecule has 1 N–H and O–H groups in total. The molecule has 3 nitrogen and oxygen atoms in total. The Balaban J connectivity index is 2.45. The average molecular weight is 219 g/mol. The minimum atomic E-state index is -0.252. The van der Waals surface area contributed by atoms with E-state index in [1.54, 1.807) is 6.92 Å². The van der Waals surface area contributed by atoms with Crippen molar-refractivity contribution in [3.63, 3.8) is 0 Å². The van der Waals surface area contributed by atoms with Gasteiger partial charge in [-0.25, -0.2) is 0 Å². The summed E-state index contributed by atoms with van der Waals surface area (Å²) in [4.78, 5) is 11.2. The lowest BCUT2D eigenvalue weighted by Gasteiger charge is -2.09. The van der Waals surface area contributed by atoms with Crippen molar-refractivity contribution in [3.05, 3.63) is 35.9 Å². The molecule has 3 heteroatoms. The van der Waals surface area contributed by atoms with Crippen LogP contribution >= 0.6 is 0 Å². The summed E-state index contributed by atoms with van der Waals surface area (Å²) in [6.07, 6.45) is 1.06. The molecule has 0 aliphatic carbocycles. The number of nitrogens with one attached hydrogen (secondary N) is 1. The minimum absolute atomic E-state index is 0.235. The molecule has 0 aromatic heterocycles. The van der Waals surface area contributed by atoms with Crippen molar-refractivity contribution >= 4 is 11.7 Å². The Kier molecular flexibility index (Phi) is 4.70. The van der Waals surface area contributed by atoms with E-state index in [4.69, 9.17) is 5.41 Å². The molecule has 0 saturated heterocycles. The Morgan fingerprint density at radius 3 is 2.56 bits per heavy atom. The van der Waals surface area contributed by atoms with Crippen LogP contribution in [-0.2, 0) is 16.0 Å². The molecule has 0 heterocycles. The standard InChI is InChI=1S/C13H17NO2/c1-10(13(15)16-2)8-12(14)9-11-6-4-3-5-7-11/h3-7,10,14H,8-9H2,1-2H3. The van der Waals surface area contributed by atoms with Crippen molar-refractivity contribution in [2.24, 2.45) is 5.92 Å². The highest BCUT2D eigenvalue weighted by atomic mass is 16.5. The first-order chi connectivity index (χ1) is 7.63. The molecular weight excluding hydrogens is 202 g/mol. The average Bonchev–Trinajstić information content (AvgIpc) is 2.29. The maximum Gasteiger partial charge on any atom is 0.308 e. The fraction of sp³-hybridized carbons (Fsp3) is 0.385. The Morgan fingerprint density at radius 2 is 2.00 bits per heavy atom. The molecule has 86 valence electrons. The number of hydrogen-bond acceptors (Lipinski definition) is 3. The van der Waals surface area contributed by atoms with E-state index in [0.717, 1.165) is 5.56 Å². The first-order valence-electron chi connectivity index (χ1n) is 5.31. The number of methoxy groups -OCH3 is 1. The predicted octanol–water partition coefficient (Wildman–Crippen LogP) is 2.45. The molecule has 0 fully saturated rings. The summed E-state index contributed by atoms with van der Waals surface area (Å²) in [7, 11) is 1.37. The van der Waals surface area contributed by atoms with Gasteiger partial charge in [-0.2, -0.15) is 0 Å². The van der Waals surface area contributed by atoms with Crippen molar-refractivity contribution in [2.45, 2.75) is 19.8 Å². The fourth-order valence-corrected chi connectivity index (χ4v) is 1.57. The smallest absolute Gasteiger partial charge is 0.308 e. The quantitative estimate of drug-likeness (QED) is 0.611. The van der Waals surface area contributed by atoms with Gasteiger partial charge in [0.15, 0.2) is 0 Å². The highest BCUT2D eigenvalue weighted by Gasteiger charge is 2.15. The second-order valence-electron chi connectivity index (χ2n) is 3.89. The van der Waals surface area contributed by atoms with Crippen LogP contribution in [0.3, 0.4) is 0 Å². The van der Waals surface area contributed by atoms with Gasteiger partial charge in [-0.05, 0) is 12.0 Å². The topological polar surface area (TPSA) is 50.2 Å². The van der Waals surface area contributed by atoms with E-state index in [0.29, 0.717) is 18.6 Å². The summed E-state index contributed by atoms with van der Waals surface area (Å²) in [6, 6.07) is 9.82. The fourth-order valence-electron chi connectivity index (χ4n) is 1.57. The van der Waals surface area contributed by atoms with Gasteiger partial charge in [0.25, 0.3) is 0 Å². The van der Waals surface area contributed by atoms with E-state index in [1.807, 2.05) is 30.3 Å². The maximum absolute atomic E-state index is 11.2. The van der Waals surface area contributed by atoms with Gasteiger partial charge in [0.05, 0.1) is 13.0 Å². The number of carbonyl (C=O) groups excluding carboxylic acids is 1. The molecule has 1 atom stereocenters. The first kappa shape index (κ1) is 12.4. The lowest BCUT2D eigenvalue weighted by Crippen LogP contribution is -2.17. The second-order valence-corrected chi connectivity index (χ2v) is 3.89. The van der Waals surface area contributed by atoms with Gasteiger partial charge in [0.2, 0.25) is 0 Å². The van der Waals surface area contributed by atoms with Gasteiger partial charge >= 0.3 is 5.97 Å². The van der Waals surface area contributed by atoms with Crippen molar-refractivity contribution in [3.8, 4) is 0 Å². The molecule has 0 saturated carbocycles. The Labute approximate surface area is 95.9 Å². The SMILES string of the molecule is COC(=O)C(C)CC(=N)Cc1ccccc1. The van der Waals surface area contributed by atoms with Crippen LogP contribution < -0.4 is 0 Å². The van der Waals surface area contributed by atoms with E-state index in [2.05, 4.69) is 4.74 Å². The van der Waals surface area contributed by atoms with Gasteiger partial charge in [-0.1, -0.05) is 37.3 Å². The number of ether oxygens (including phenoxy) is 1.